The van der Waals surface area contributed by atoms with Gasteiger partial charge in [0.05, 0.1) is 6.54 Å². The smallest absolute Gasteiger partial charge is 0.250 e. The first kappa shape index (κ1) is 16.1. The van der Waals surface area contributed by atoms with Crippen LogP contribution >= 0.6 is 11.3 Å². The van der Waals surface area contributed by atoms with E-state index in [1.807, 2.05) is 20.8 Å². The van der Waals surface area contributed by atoms with Crippen molar-refractivity contribution in [2.75, 3.05) is 6.54 Å². The molecule has 0 aliphatic rings. The van der Waals surface area contributed by atoms with E-state index in [4.69, 9.17) is 0 Å². The minimum absolute atomic E-state index is 0.0467. The Labute approximate surface area is 118 Å². The van der Waals surface area contributed by atoms with Crippen LogP contribution in [0.1, 0.15) is 32.1 Å². The highest BCUT2D eigenvalue weighted by atomic mass is 32.2. The van der Waals surface area contributed by atoms with Crippen molar-refractivity contribution < 1.29 is 13.2 Å². The Morgan fingerprint density at radius 3 is 2.58 bits per heavy atom. The average molecular weight is 304 g/mol. The van der Waals surface area contributed by atoms with E-state index in [2.05, 4.69) is 10.0 Å². The minimum Gasteiger partial charge on any atom is -0.353 e. The van der Waals surface area contributed by atoms with Crippen LogP contribution in [0.3, 0.4) is 0 Å². The summed E-state index contributed by atoms with van der Waals surface area (Å²) in [5.41, 5.74) is 0. The van der Waals surface area contributed by atoms with Gasteiger partial charge in [-0.25, -0.2) is 13.1 Å². The fourth-order valence-corrected chi connectivity index (χ4v) is 3.67. The second kappa shape index (κ2) is 7.02. The molecule has 1 atom stereocenters. The number of carbonyl (C=O) groups excluding carboxylic acids is 1. The van der Waals surface area contributed by atoms with Crippen molar-refractivity contribution >= 4 is 27.3 Å². The molecule has 0 fully saturated rings. The molecule has 5 nitrogen and oxygen atoms in total. The standard InChI is InChI=1S/C12H20N2O3S2/c1-4-9(3)14-11(15)8-13-19(16,17)12-7-6-10(5-2)18-12/h6-7,9,13H,4-5,8H2,1-3H3,(H,14,15). The summed E-state index contributed by atoms with van der Waals surface area (Å²) < 4.78 is 26.4. The van der Waals surface area contributed by atoms with Crippen LogP contribution in [0.4, 0.5) is 0 Å². The van der Waals surface area contributed by atoms with Crippen LogP contribution in [0.2, 0.25) is 0 Å². The average Bonchev–Trinajstić information content (AvgIpc) is 2.86. The predicted molar refractivity (Wildman–Crippen MR) is 76.8 cm³/mol. The molecule has 1 heterocycles. The molecule has 7 heteroatoms. The number of amides is 1. The summed E-state index contributed by atoms with van der Waals surface area (Å²) in [5, 5.41) is 2.71. The second-order valence-electron chi connectivity index (χ2n) is 4.28. The Bertz CT molecular complexity index is 523. The van der Waals surface area contributed by atoms with Crippen molar-refractivity contribution in [3.63, 3.8) is 0 Å². The molecule has 0 saturated carbocycles. The normalized spacial score (nSPS) is 13.2. The molecule has 0 saturated heterocycles. The molecule has 0 aromatic carbocycles. The first-order valence-corrected chi connectivity index (χ1v) is 8.56. The number of nitrogens with one attached hydrogen (secondary N) is 2. The molecular formula is C12H20N2O3S2. The predicted octanol–water partition coefficient (Wildman–Crippen LogP) is 1.50. The lowest BCUT2D eigenvalue weighted by Gasteiger charge is -2.11. The summed E-state index contributed by atoms with van der Waals surface area (Å²) in [6.07, 6.45) is 1.61. The number of carbonyl (C=O) groups is 1. The van der Waals surface area contributed by atoms with E-state index in [0.717, 1.165) is 17.7 Å². The van der Waals surface area contributed by atoms with Crippen LogP contribution in [-0.4, -0.2) is 26.9 Å². The fraction of sp³-hybridized carbons (Fsp3) is 0.583. The third kappa shape index (κ3) is 4.93. The maximum absolute atomic E-state index is 11.9. The maximum atomic E-state index is 11.9. The summed E-state index contributed by atoms with van der Waals surface area (Å²) in [5.74, 6) is -0.315. The largest absolute Gasteiger partial charge is 0.353 e. The lowest BCUT2D eigenvalue weighted by atomic mass is 10.2. The zero-order valence-corrected chi connectivity index (χ0v) is 13.0. The van der Waals surface area contributed by atoms with Gasteiger partial charge in [0.15, 0.2) is 0 Å². The van der Waals surface area contributed by atoms with E-state index >= 15 is 0 Å². The van der Waals surface area contributed by atoms with Crippen LogP contribution in [0, 0.1) is 0 Å². The van der Waals surface area contributed by atoms with Gasteiger partial charge in [-0.1, -0.05) is 13.8 Å². The Morgan fingerprint density at radius 2 is 2.05 bits per heavy atom. The van der Waals surface area contributed by atoms with E-state index in [9.17, 15) is 13.2 Å². The Kier molecular flexibility index (Phi) is 5.96. The van der Waals surface area contributed by atoms with E-state index in [-0.39, 0.29) is 22.7 Å². The number of hydrogen-bond acceptors (Lipinski definition) is 4. The van der Waals surface area contributed by atoms with Crippen LogP contribution < -0.4 is 10.0 Å². The van der Waals surface area contributed by atoms with Gasteiger partial charge in [-0.2, -0.15) is 0 Å². The molecule has 1 unspecified atom stereocenters. The maximum Gasteiger partial charge on any atom is 0.250 e. The van der Waals surface area contributed by atoms with Crippen LogP contribution in [0.25, 0.3) is 0 Å². The molecule has 0 spiro atoms. The first-order valence-electron chi connectivity index (χ1n) is 6.26. The minimum atomic E-state index is -3.58. The Morgan fingerprint density at radius 1 is 1.37 bits per heavy atom. The number of rotatable bonds is 7. The Hall–Kier alpha value is -0.920. The van der Waals surface area contributed by atoms with Crippen LogP contribution in [-0.2, 0) is 21.2 Å². The lowest BCUT2D eigenvalue weighted by Crippen LogP contribution is -2.40. The molecule has 0 aliphatic carbocycles. The number of thiophene rings is 1. The zero-order chi connectivity index (χ0) is 14.5. The van der Waals surface area contributed by atoms with Crippen molar-refractivity contribution in [2.24, 2.45) is 0 Å². The molecule has 0 aliphatic heterocycles. The van der Waals surface area contributed by atoms with Gasteiger partial charge in [-0.3, -0.25) is 4.79 Å². The summed E-state index contributed by atoms with van der Waals surface area (Å²) in [4.78, 5) is 12.5. The zero-order valence-electron chi connectivity index (χ0n) is 11.4. The molecule has 19 heavy (non-hydrogen) atoms. The van der Waals surface area contributed by atoms with Gasteiger partial charge in [0.1, 0.15) is 4.21 Å². The van der Waals surface area contributed by atoms with Crippen LogP contribution in [0.15, 0.2) is 16.3 Å². The third-order valence-corrected chi connectivity index (χ3v) is 5.82. The summed E-state index contributed by atoms with van der Waals surface area (Å²) >= 11 is 1.23. The van der Waals surface area contributed by atoms with E-state index < -0.39 is 10.0 Å². The van der Waals surface area contributed by atoms with Gasteiger partial charge < -0.3 is 5.32 Å². The molecule has 0 radical (unpaired) electrons. The third-order valence-electron chi connectivity index (χ3n) is 2.69. The molecular weight excluding hydrogens is 284 g/mol. The molecule has 1 amide bonds. The first-order chi connectivity index (χ1) is 8.89. The summed E-state index contributed by atoms with van der Waals surface area (Å²) in [7, 11) is -3.58. The van der Waals surface area contributed by atoms with Gasteiger partial charge in [-0.05, 0) is 31.9 Å². The quantitative estimate of drug-likeness (QED) is 0.801. The topological polar surface area (TPSA) is 75.3 Å². The fourth-order valence-electron chi connectivity index (χ4n) is 1.35. The molecule has 108 valence electrons. The molecule has 1 aromatic heterocycles. The van der Waals surface area contributed by atoms with Crippen molar-refractivity contribution in [3.05, 3.63) is 17.0 Å². The highest BCUT2D eigenvalue weighted by Gasteiger charge is 2.18. The number of sulfonamides is 1. The molecule has 2 N–H and O–H groups in total. The van der Waals surface area contributed by atoms with Crippen molar-refractivity contribution in [1.29, 1.82) is 0 Å². The molecule has 0 bridgehead atoms. The number of aryl methyl sites for hydroxylation is 1. The second-order valence-corrected chi connectivity index (χ2v) is 7.44. The summed E-state index contributed by atoms with van der Waals surface area (Å²) in [6, 6.07) is 3.40. The van der Waals surface area contributed by atoms with Gasteiger partial charge in [0.25, 0.3) is 10.0 Å². The van der Waals surface area contributed by atoms with Gasteiger partial charge in [-0.15, -0.1) is 11.3 Å². The lowest BCUT2D eigenvalue weighted by molar-refractivity contribution is -0.120. The van der Waals surface area contributed by atoms with Gasteiger partial charge >= 0.3 is 0 Å². The van der Waals surface area contributed by atoms with Crippen molar-refractivity contribution in [2.45, 2.75) is 43.9 Å². The Balaban J connectivity index is 2.58. The molecule has 1 aromatic rings. The van der Waals surface area contributed by atoms with E-state index in [0.29, 0.717) is 0 Å². The van der Waals surface area contributed by atoms with Crippen LogP contribution in [0.5, 0.6) is 0 Å². The van der Waals surface area contributed by atoms with Crippen molar-refractivity contribution in [3.8, 4) is 0 Å². The summed E-state index contributed by atoms with van der Waals surface area (Å²) in [6.45, 7) is 5.56. The SMILES string of the molecule is CCc1ccc(S(=O)(=O)NCC(=O)NC(C)CC)s1. The van der Waals surface area contributed by atoms with E-state index in [1.165, 1.54) is 11.3 Å². The van der Waals surface area contributed by atoms with E-state index in [1.54, 1.807) is 12.1 Å². The highest BCUT2D eigenvalue weighted by Crippen LogP contribution is 2.21. The number of hydrogen-bond donors (Lipinski definition) is 2. The van der Waals surface area contributed by atoms with Crippen molar-refractivity contribution in [1.82, 2.24) is 10.0 Å². The monoisotopic (exact) mass is 304 g/mol. The molecule has 1 rings (SSSR count). The van der Waals surface area contributed by atoms with Gasteiger partial charge in [0.2, 0.25) is 5.91 Å². The van der Waals surface area contributed by atoms with Gasteiger partial charge in [0, 0.05) is 10.9 Å². The highest BCUT2D eigenvalue weighted by molar-refractivity contribution is 7.91.